The summed E-state index contributed by atoms with van der Waals surface area (Å²) in [4.78, 5) is 6.51. The van der Waals surface area contributed by atoms with Gasteiger partial charge >= 0.3 is 0 Å². The van der Waals surface area contributed by atoms with Gasteiger partial charge in [0.25, 0.3) is 0 Å². The third-order valence-corrected chi connectivity index (χ3v) is 3.32. The second-order valence-corrected chi connectivity index (χ2v) is 4.89. The summed E-state index contributed by atoms with van der Waals surface area (Å²) < 4.78 is 0. The first-order valence-corrected chi connectivity index (χ1v) is 6.57. The quantitative estimate of drug-likeness (QED) is 0.780. The van der Waals surface area contributed by atoms with E-state index in [1.807, 2.05) is 25.3 Å². The SMILES string of the molecule is C#CCN(CC1CC1)c1ccc([C@@H](O)CC)nc1. The number of terminal acetylenes is 1. The van der Waals surface area contributed by atoms with Crippen LogP contribution in [0.4, 0.5) is 5.69 Å². The molecule has 18 heavy (non-hydrogen) atoms. The van der Waals surface area contributed by atoms with Crippen LogP contribution < -0.4 is 4.90 Å². The lowest BCUT2D eigenvalue weighted by Gasteiger charge is -2.22. The molecule has 3 heteroatoms. The fourth-order valence-electron chi connectivity index (χ4n) is 1.97. The highest BCUT2D eigenvalue weighted by Crippen LogP contribution is 2.31. The molecule has 0 spiro atoms. The van der Waals surface area contributed by atoms with E-state index in [0.717, 1.165) is 23.8 Å². The van der Waals surface area contributed by atoms with Crippen LogP contribution in [0.3, 0.4) is 0 Å². The summed E-state index contributed by atoms with van der Waals surface area (Å²) in [5.74, 6) is 3.49. The Morgan fingerprint density at radius 2 is 2.33 bits per heavy atom. The molecule has 1 heterocycles. The van der Waals surface area contributed by atoms with Gasteiger partial charge in [-0.3, -0.25) is 4.98 Å². The van der Waals surface area contributed by atoms with Gasteiger partial charge in [-0.15, -0.1) is 6.42 Å². The molecular weight excluding hydrogens is 224 g/mol. The summed E-state index contributed by atoms with van der Waals surface area (Å²) in [6.07, 6.45) is 10.1. The molecule has 1 aromatic rings. The summed E-state index contributed by atoms with van der Waals surface area (Å²) in [6, 6.07) is 3.89. The first kappa shape index (κ1) is 12.9. The molecule has 0 bridgehead atoms. The molecule has 1 N–H and O–H groups in total. The highest BCUT2D eigenvalue weighted by Gasteiger charge is 2.24. The van der Waals surface area contributed by atoms with Gasteiger partial charge in [-0.2, -0.15) is 0 Å². The fraction of sp³-hybridized carbons (Fsp3) is 0.533. The van der Waals surface area contributed by atoms with Gasteiger partial charge < -0.3 is 10.0 Å². The predicted molar refractivity (Wildman–Crippen MR) is 73.3 cm³/mol. The van der Waals surface area contributed by atoms with Crippen molar-refractivity contribution in [3.05, 3.63) is 24.0 Å². The van der Waals surface area contributed by atoms with E-state index >= 15 is 0 Å². The van der Waals surface area contributed by atoms with Crippen molar-refractivity contribution in [3.63, 3.8) is 0 Å². The lowest BCUT2D eigenvalue weighted by molar-refractivity contribution is 0.169. The lowest BCUT2D eigenvalue weighted by atomic mass is 10.2. The van der Waals surface area contributed by atoms with Crippen LogP contribution >= 0.6 is 0 Å². The summed E-state index contributed by atoms with van der Waals surface area (Å²) in [5.41, 5.74) is 1.78. The Kier molecular flexibility index (Phi) is 4.22. The van der Waals surface area contributed by atoms with Gasteiger partial charge in [0.05, 0.1) is 30.2 Å². The molecule has 0 radical (unpaired) electrons. The minimum Gasteiger partial charge on any atom is -0.387 e. The molecule has 0 amide bonds. The van der Waals surface area contributed by atoms with Crippen LogP contribution in [0.1, 0.15) is 38.0 Å². The molecule has 1 aromatic heterocycles. The number of hydrogen-bond donors (Lipinski definition) is 1. The maximum Gasteiger partial charge on any atom is 0.0957 e. The smallest absolute Gasteiger partial charge is 0.0957 e. The van der Waals surface area contributed by atoms with Crippen LogP contribution in [0, 0.1) is 18.3 Å². The van der Waals surface area contributed by atoms with E-state index in [1.165, 1.54) is 12.8 Å². The first-order chi connectivity index (χ1) is 8.74. The van der Waals surface area contributed by atoms with Crippen molar-refractivity contribution < 1.29 is 5.11 Å². The minimum atomic E-state index is -0.469. The maximum atomic E-state index is 9.71. The largest absolute Gasteiger partial charge is 0.387 e. The van der Waals surface area contributed by atoms with Crippen LogP contribution in [-0.2, 0) is 0 Å². The van der Waals surface area contributed by atoms with Crippen LogP contribution in [0.25, 0.3) is 0 Å². The molecule has 1 saturated carbocycles. The van der Waals surface area contributed by atoms with Gasteiger partial charge in [0.2, 0.25) is 0 Å². The summed E-state index contributed by atoms with van der Waals surface area (Å²) in [7, 11) is 0. The number of aliphatic hydroxyl groups is 1. The van der Waals surface area contributed by atoms with E-state index in [2.05, 4.69) is 15.8 Å². The zero-order valence-electron chi connectivity index (χ0n) is 10.8. The highest BCUT2D eigenvalue weighted by atomic mass is 16.3. The Morgan fingerprint density at radius 3 is 2.83 bits per heavy atom. The number of pyridine rings is 1. The second-order valence-electron chi connectivity index (χ2n) is 4.89. The third kappa shape index (κ3) is 3.24. The molecule has 0 aromatic carbocycles. The summed E-state index contributed by atoms with van der Waals surface area (Å²) in [5, 5.41) is 9.71. The van der Waals surface area contributed by atoms with Gasteiger partial charge in [-0.05, 0) is 37.3 Å². The van der Waals surface area contributed by atoms with E-state index in [0.29, 0.717) is 13.0 Å². The zero-order valence-corrected chi connectivity index (χ0v) is 10.8. The number of nitrogens with zero attached hydrogens (tertiary/aromatic N) is 2. The number of rotatable bonds is 6. The molecule has 0 aliphatic heterocycles. The Bertz CT molecular complexity index is 417. The fourth-order valence-corrected chi connectivity index (χ4v) is 1.97. The Balaban J connectivity index is 2.07. The summed E-state index contributed by atoms with van der Waals surface area (Å²) in [6.45, 7) is 3.58. The highest BCUT2D eigenvalue weighted by molar-refractivity contribution is 5.46. The van der Waals surface area contributed by atoms with E-state index < -0.39 is 6.10 Å². The van der Waals surface area contributed by atoms with Crippen molar-refractivity contribution in [2.24, 2.45) is 5.92 Å². The van der Waals surface area contributed by atoms with Gasteiger partial charge in [0.15, 0.2) is 0 Å². The Morgan fingerprint density at radius 1 is 1.56 bits per heavy atom. The van der Waals surface area contributed by atoms with Crippen LogP contribution in [0.5, 0.6) is 0 Å². The van der Waals surface area contributed by atoms with Crippen molar-refractivity contribution in [3.8, 4) is 12.3 Å². The van der Waals surface area contributed by atoms with E-state index in [9.17, 15) is 5.11 Å². The average Bonchev–Trinajstić information content (AvgIpc) is 3.21. The average molecular weight is 244 g/mol. The summed E-state index contributed by atoms with van der Waals surface area (Å²) >= 11 is 0. The maximum absolute atomic E-state index is 9.71. The molecule has 1 aliphatic carbocycles. The zero-order chi connectivity index (χ0) is 13.0. The van der Waals surface area contributed by atoms with E-state index in [1.54, 1.807) is 0 Å². The van der Waals surface area contributed by atoms with Crippen molar-refractivity contribution in [1.29, 1.82) is 0 Å². The second kappa shape index (κ2) is 5.88. The monoisotopic (exact) mass is 244 g/mol. The van der Waals surface area contributed by atoms with Gasteiger partial charge in [0.1, 0.15) is 0 Å². The van der Waals surface area contributed by atoms with Crippen LogP contribution in [-0.4, -0.2) is 23.2 Å². The van der Waals surface area contributed by atoms with Gasteiger partial charge in [0, 0.05) is 6.54 Å². The third-order valence-electron chi connectivity index (χ3n) is 3.32. The van der Waals surface area contributed by atoms with Crippen molar-refractivity contribution >= 4 is 5.69 Å². The molecule has 1 aliphatic rings. The van der Waals surface area contributed by atoms with Gasteiger partial charge in [-0.25, -0.2) is 0 Å². The van der Waals surface area contributed by atoms with Crippen LogP contribution in [0.2, 0.25) is 0 Å². The first-order valence-electron chi connectivity index (χ1n) is 6.57. The predicted octanol–water partition coefficient (Wildman–Crippen LogP) is 2.37. The van der Waals surface area contributed by atoms with E-state index in [4.69, 9.17) is 6.42 Å². The number of aromatic nitrogens is 1. The topological polar surface area (TPSA) is 36.4 Å². The molecule has 0 saturated heterocycles. The minimum absolute atomic E-state index is 0.469. The number of anilines is 1. The van der Waals surface area contributed by atoms with Crippen molar-refractivity contribution in [2.45, 2.75) is 32.3 Å². The molecule has 96 valence electrons. The normalized spacial score (nSPS) is 16.1. The molecular formula is C15H20N2O. The molecule has 1 fully saturated rings. The standard InChI is InChI=1S/C15H20N2O/c1-3-9-17(11-12-5-6-12)13-7-8-14(16-10-13)15(18)4-2/h1,7-8,10,12,15,18H,4-6,9,11H2,2H3/t15-/m0/s1. The van der Waals surface area contributed by atoms with Gasteiger partial charge in [-0.1, -0.05) is 12.8 Å². The Hall–Kier alpha value is -1.53. The Labute approximate surface area is 109 Å². The lowest BCUT2D eigenvalue weighted by Crippen LogP contribution is -2.26. The molecule has 3 nitrogen and oxygen atoms in total. The van der Waals surface area contributed by atoms with Crippen molar-refractivity contribution in [1.82, 2.24) is 4.98 Å². The number of hydrogen-bond acceptors (Lipinski definition) is 3. The molecule has 2 rings (SSSR count). The van der Waals surface area contributed by atoms with Crippen molar-refractivity contribution in [2.75, 3.05) is 18.0 Å². The molecule has 0 unspecified atom stereocenters. The van der Waals surface area contributed by atoms with Crippen LogP contribution in [0.15, 0.2) is 18.3 Å². The molecule has 1 atom stereocenters. The van der Waals surface area contributed by atoms with E-state index in [-0.39, 0.29) is 0 Å². The number of aliphatic hydroxyl groups excluding tert-OH is 1.